The average molecular weight is 310 g/mol. The lowest BCUT2D eigenvalue weighted by Crippen LogP contribution is -2.43. The summed E-state index contributed by atoms with van der Waals surface area (Å²) in [5.74, 6) is 1.54. The zero-order valence-electron chi connectivity index (χ0n) is 11.7. The second-order valence-corrected chi connectivity index (χ2v) is 5.66. The van der Waals surface area contributed by atoms with Crippen LogP contribution in [0.2, 0.25) is 0 Å². The molecule has 0 bridgehead atoms. The molecule has 0 fully saturated rings. The number of thioether (sulfide) groups is 1. The number of terminal acetylenes is 1. The van der Waals surface area contributed by atoms with Gasteiger partial charge in [0.15, 0.2) is 0 Å². The predicted octanol–water partition coefficient (Wildman–Crippen LogP) is -0.248. The van der Waals surface area contributed by atoms with E-state index in [1.54, 1.807) is 18.0 Å². The number of carbonyl (C=O) groups excluding carboxylic acids is 2. The summed E-state index contributed by atoms with van der Waals surface area (Å²) in [6.07, 6.45) is 7.96. The number of aliphatic carboxylic acids is 1. The Labute approximate surface area is 127 Å². The number of nitrogens with one attached hydrogen (secondary N) is 1. The van der Waals surface area contributed by atoms with Crippen molar-refractivity contribution in [3.8, 4) is 12.3 Å². The normalized spacial score (nSPS) is 19.4. The van der Waals surface area contributed by atoms with Crippen LogP contribution in [-0.2, 0) is 14.4 Å². The summed E-state index contributed by atoms with van der Waals surface area (Å²) in [6, 6.07) is -1.15. The summed E-state index contributed by atoms with van der Waals surface area (Å²) in [5, 5.41) is 11.8. The summed E-state index contributed by atoms with van der Waals surface area (Å²) in [6.45, 7) is 2.46. The highest BCUT2D eigenvalue weighted by atomic mass is 32.2. The molecule has 0 aromatic carbocycles. The molecule has 2 N–H and O–H groups in total. The molecule has 1 aliphatic rings. The van der Waals surface area contributed by atoms with Crippen molar-refractivity contribution in [1.29, 1.82) is 0 Å². The molecule has 1 heterocycles. The van der Waals surface area contributed by atoms with E-state index in [2.05, 4.69) is 11.2 Å². The fraction of sp³-hybridized carbons (Fsp3) is 0.500. The van der Waals surface area contributed by atoms with Gasteiger partial charge in [-0.1, -0.05) is 5.92 Å². The van der Waals surface area contributed by atoms with Gasteiger partial charge in [0.25, 0.3) is 0 Å². The van der Waals surface area contributed by atoms with Crippen molar-refractivity contribution in [2.45, 2.75) is 19.0 Å². The van der Waals surface area contributed by atoms with E-state index >= 15 is 0 Å². The van der Waals surface area contributed by atoms with E-state index in [1.807, 2.05) is 0 Å². The van der Waals surface area contributed by atoms with E-state index in [-0.39, 0.29) is 6.54 Å². The van der Waals surface area contributed by atoms with Crippen LogP contribution in [-0.4, -0.2) is 64.2 Å². The first-order valence-electron chi connectivity index (χ1n) is 6.47. The molecule has 0 spiro atoms. The molecule has 0 saturated carbocycles. The third kappa shape index (κ3) is 5.25. The number of carboxylic acid groups (broad SMARTS) is 1. The minimum Gasteiger partial charge on any atom is -0.480 e. The Kier molecular flexibility index (Phi) is 6.99. The SMILES string of the molecule is C#CCN[C@@H](CSCCN1C=CC(=O)C(=O)C1C)C(=O)O. The first-order valence-corrected chi connectivity index (χ1v) is 7.62. The third-order valence-corrected chi connectivity index (χ3v) is 4.10. The quantitative estimate of drug-likeness (QED) is 0.363. The van der Waals surface area contributed by atoms with Gasteiger partial charge in [0.2, 0.25) is 11.6 Å². The Morgan fingerprint density at radius 2 is 2.33 bits per heavy atom. The van der Waals surface area contributed by atoms with E-state index in [9.17, 15) is 14.4 Å². The van der Waals surface area contributed by atoms with Gasteiger partial charge in [0.1, 0.15) is 6.04 Å². The molecule has 7 heteroatoms. The minimum absolute atomic E-state index is 0.208. The number of hydrogen-bond donors (Lipinski definition) is 2. The molecule has 1 unspecified atom stereocenters. The van der Waals surface area contributed by atoms with Crippen molar-refractivity contribution in [3.63, 3.8) is 0 Å². The Morgan fingerprint density at radius 1 is 1.62 bits per heavy atom. The summed E-state index contributed by atoms with van der Waals surface area (Å²) in [4.78, 5) is 35.5. The molecule has 0 aromatic rings. The third-order valence-electron chi connectivity index (χ3n) is 3.06. The lowest BCUT2D eigenvalue weighted by Gasteiger charge is -2.28. The Morgan fingerprint density at radius 3 is 2.95 bits per heavy atom. The average Bonchev–Trinajstić information content (AvgIpc) is 2.45. The monoisotopic (exact) mass is 310 g/mol. The highest BCUT2D eigenvalue weighted by molar-refractivity contribution is 7.99. The Hall–Kier alpha value is -1.78. The highest BCUT2D eigenvalue weighted by Gasteiger charge is 2.27. The van der Waals surface area contributed by atoms with E-state index in [0.29, 0.717) is 18.1 Å². The van der Waals surface area contributed by atoms with Crippen molar-refractivity contribution in [2.75, 3.05) is 24.6 Å². The smallest absolute Gasteiger partial charge is 0.321 e. The maximum atomic E-state index is 11.5. The number of nitrogens with zero attached hydrogens (tertiary/aromatic N) is 1. The van der Waals surface area contributed by atoms with Crippen molar-refractivity contribution in [1.82, 2.24) is 10.2 Å². The van der Waals surface area contributed by atoms with Crippen molar-refractivity contribution in [2.24, 2.45) is 0 Å². The molecule has 0 radical (unpaired) electrons. The molecule has 6 nitrogen and oxygen atoms in total. The van der Waals surface area contributed by atoms with Crippen LogP contribution in [0, 0.1) is 12.3 Å². The Balaban J connectivity index is 2.35. The maximum Gasteiger partial charge on any atom is 0.321 e. The summed E-state index contributed by atoms with van der Waals surface area (Å²) in [7, 11) is 0. The molecule has 0 aromatic heterocycles. The van der Waals surface area contributed by atoms with Gasteiger partial charge < -0.3 is 10.0 Å². The number of carbonyl (C=O) groups is 3. The van der Waals surface area contributed by atoms with Gasteiger partial charge in [-0.3, -0.25) is 19.7 Å². The lowest BCUT2D eigenvalue weighted by molar-refractivity contribution is -0.138. The molecular weight excluding hydrogens is 292 g/mol. The summed E-state index contributed by atoms with van der Waals surface area (Å²) >= 11 is 1.45. The Bertz CT molecular complexity index is 484. The molecule has 2 atom stereocenters. The van der Waals surface area contributed by atoms with Crippen LogP contribution in [0.5, 0.6) is 0 Å². The van der Waals surface area contributed by atoms with Crippen molar-refractivity contribution >= 4 is 29.3 Å². The van der Waals surface area contributed by atoms with Gasteiger partial charge in [-0.25, -0.2) is 0 Å². The van der Waals surface area contributed by atoms with Crippen LogP contribution in [0.25, 0.3) is 0 Å². The summed E-state index contributed by atoms with van der Waals surface area (Å²) in [5.41, 5.74) is 0. The van der Waals surface area contributed by atoms with Gasteiger partial charge in [-0.2, -0.15) is 11.8 Å². The van der Waals surface area contributed by atoms with Gasteiger partial charge >= 0.3 is 5.97 Å². The van der Waals surface area contributed by atoms with Crippen molar-refractivity contribution < 1.29 is 19.5 Å². The van der Waals surface area contributed by atoms with E-state index in [1.165, 1.54) is 17.8 Å². The van der Waals surface area contributed by atoms with Crippen LogP contribution >= 0.6 is 11.8 Å². The molecular formula is C14H18N2O4S. The van der Waals surface area contributed by atoms with E-state index in [0.717, 1.165) is 0 Å². The number of carboxylic acids is 1. The van der Waals surface area contributed by atoms with Crippen LogP contribution in [0.4, 0.5) is 0 Å². The van der Waals surface area contributed by atoms with Gasteiger partial charge in [0.05, 0.1) is 12.6 Å². The molecule has 0 saturated heterocycles. The topological polar surface area (TPSA) is 86.7 Å². The van der Waals surface area contributed by atoms with Crippen molar-refractivity contribution in [3.05, 3.63) is 12.3 Å². The minimum atomic E-state index is -0.940. The molecule has 1 rings (SSSR count). The number of Topliss-reactive ketones (excluding diaryl/α,β-unsaturated/α-hetero) is 1. The van der Waals surface area contributed by atoms with Crippen LogP contribution in [0.3, 0.4) is 0 Å². The molecule has 0 aliphatic carbocycles. The van der Waals surface area contributed by atoms with Crippen LogP contribution < -0.4 is 5.32 Å². The largest absolute Gasteiger partial charge is 0.480 e. The number of allylic oxidation sites excluding steroid dienone is 1. The number of ketones is 2. The molecule has 21 heavy (non-hydrogen) atoms. The number of rotatable bonds is 8. The van der Waals surface area contributed by atoms with E-state index < -0.39 is 29.6 Å². The fourth-order valence-electron chi connectivity index (χ4n) is 1.77. The molecule has 114 valence electrons. The van der Waals surface area contributed by atoms with Gasteiger partial charge in [0, 0.05) is 30.3 Å². The zero-order chi connectivity index (χ0) is 15.8. The standard InChI is InChI=1S/C14H18N2O4S/c1-3-5-15-11(14(19)20)9-21-8-7-16-6-4-12(17)13(18)10(16)2/h1,4,6,10-11,15H,5,7-9H2,2H3,(H,19,20)/t10?,11-/m0/s1. The predicted molar refractivity (Wildman–Crippen MR) is 80.9 cm³/mol. The van der Waals surface area contributed by atoms with Gasteiger partial charge in [-0.15, -0.1) is 6.42 Å². The van der Waals surface area contributed by atoms with Crippen LogP contribution in [0.1, 0.15) is 6.92 Å². The first-order chi connectivity index (χ1) is 9.97. The fourth-order valence-corrected chi connectivity index (χ4v) is 2.77. The molecule has 0 amide bonds. The maximum absolute atomic E-state index is 11.5. The second-order valence-electron chi connectivity index (χ2n) is 4.51. The van der Waals surface area contributed by atoms with E-state index in [4.69, 9.17) is 11.5 Å². The number of hydrogen-bond acceptors (Lipinski definition) is 6. The highest BCUT2D eigenvalue weighted by Crippen LogP contribution is 2.11. The molecule has 1 aliphatic heterocycles. The van der Waals surface area contributed by atoms with Crippen LogP contribution in [0.15, 0.2) is 12.3 Å². The lowest BCUT2D eigenvalue weighted by atomic mass is 10.1. The zero-order valence-corrected chi connectivity index (χ0v) is 12.6. The second kappa shape index (κ2) is 8.49. The van der Waals surface area contributed by atoms with Gasteiger partial charge in [-0.05, 0) is 6.92 Å². The summed E-state index contributed by atoms with van der Waals surface area (Å²) < 4.78 is 0. The first kappa shape index (κ1) is 17.3.